The van der Waals surface area contributed by atoms with Crippen molar-refractivity contribution in [2.24, 2.45) is 0 Å². The summed E-state index contributed by atoms with van der Waals surface area (Å²) in [6.07, 6.45) is 0.347. The third-order valence-electron chi connectivity index (χ3n) is 5.02. The summed E-state index contributed by atoms with van der Waals surface area (Å²) in [5.74, 6) is -0.974. The molecule has 2 aromatic carbocycles. The lowest BCUT2D eigenvalue weighted by Gasteiger charge is -2.17. The maximum atomic E-state index is 13.3. The average Bonchev–Trinajstić information content (AvgIpc) is 3.30. The fourth-order valence-electron chi connectivity index (χ4n) is 3.27. The molecule has 3 aromatic rings. The first kappa shape index (κ1) is 19.2. The van der Waals surface area contributed by atoms with Crippen LogP contribution in [0, 0.1) is 19.7 Å². The van der Waals surface area contributed by atoms with Gasteiger partial charge in [0.25, 0.3) is 5.91 Å². The zero-order valence-corrected chi connectivity index (χ0v) is 16.8. The highest BCUT2D eigenvalue weighted by Gasteiger charge is 2.34. The summed E-state index contributed by atoms with van der Waals surface area (Å²) >= 11 is 1.24. The number of hydrogen-bond acceptors (Lipinski definition) is 5. The molecule has 29 heavy (non-hydrogen) atoms. The van der Waals surface area contributed by atoms with Gasteiger partial charge in [-0.1, -0.05) is 23.5 Å². The lowest BCUT2D eigenvalue weighted by atomic mass is 10.1. The Morgan fingerprint density at radius 2 is 2.00 bits per heavy atom. The summed E-state index contributed by atoms with van der Waals surface area (Å²) < 4.78 is 13.3. The number of nitrogens with one attached hydrogen (secondary N) is 1. The Hall–Kier alpha value is -3.13. The second-order valence-electron chi connectivity index (χ2n) is 7.08. The van der Waals surface area contributed by atoms with Crippen LogP contribution in [0.1, 0.15) is 38.8 Å². The van der Waals surface area contributed by atoms with E-state index >= 15 is 0 Å². The van der Waals surface area contributed by atoms with Gasteiger partial charge in [-0.3, -0.25) is 14.9 Å². The summed E-state index contributed by atoms with van der Waals surface area (Å²) in [5, 5.41) is 11.8. The second kappa shape index (κ2) is 7.71. The minimum atomic E-state index is -0.480. The monoisotopic (exact) mass is 410 g/mol. The molecule has 2 heterocycles. The van der Waals surface area contributed by atoms with Gasteiger partial charge < -0.3 is 4.90 Å². The minimum Gasteiger partial charge on any atom is -0.312 e. The normalized spacial score (nSPS) is 16.3. The lowest BCUT2D eigenvalue weighted by molar-refractivity contribution is -0.117. The van der Waals surface area contributed by atoms with Crippen LogP contribution in [-0.2, 0) is 4.79 Å². The van der Waals surface area contributed by atoms with Gasteiger partial charge in [-0.05, 0) is 55.3 Å². The second-order valence-corrected chi connectivity index (χ2v) is 8.09. The summed E-state index contributed by atoms with van der Waals surface area (Å²) in [6, 6.07) is 11.4. The Balaban J connectivity index is 1.46. The lowest BCUT2D eigenvalue weighted by Crippen LogP contribution is -2.24. The summed E-state index contributed by atoms with van der Waals surface area (Å²) in [6.45, 7) is 4.58. The van der Waals surface area contributed by atoms with Gasteiger partial charge in [-0.25, -0.2) is 4.39 Å². The molecule has 0 aliphatic carbocycles. The number of hydrogen-bond donors (Lipinski definition) is 1. The third kappa shape index (κ3) is 4.02. The molecule has 6 nitrogen and oxygen atoms in total. The van der Waals surface area contributed by atoms with Crippen molar-refractivity contribution in [3.8, 4) is 0 Å². The van der Waals surface area contributed by atoms with E-state index in [1.54, 1.807) is 4.90 Å². The van der Waals surface area contributed by atoms with Gasteiger partial charge in [0, 0.05) is 30.1 Å². The van der Waals surface area contributed by atoms with Crippen LogP contribution in [0.4, 0.5) is 15.2 Å². The SMILES string of the molecule is Cc1ccc(N2CC(c3nnc(NC(=O)c4cccc(F)c4)s3)CC2=O)cc1C. The molecule has 1 aromatic heterocycles. The molecule has 148 valence electrons. The fraction of sp³-hybridized carbons (Fsp3) is 0.238. The minimum absolute atomic E-state index is 0.0406. The van der Waals surface area contributed by atoms with Crippen molar-refractivity contribution in [1.29, 1.82) is 0 Å². The molecule has 0 radical (unpaired) electrons. The molecule has 1 fully saturated rings. The Kier molecular flexibility index (Phi) is 5.10. The number of amides is 2. The number of carbonyl (C=O) groups is 2. The number of halogens is 1. The van der Waals surface area contributed by atoms with Gasteiger partial charge >= 0.3 is 0 Å². The van der Waals surface area contributed by atoms with E-state index in [1.807, 2.05) is 32.0 Å². The van der Waals surface area contributed by atoms with E-state index in [4.69, 9.17) is 0 Å². The Labute approximate surface area is 171 Å². The molecule has 8 heteroatoms. The third-order valence-corrected chi connectivity index (χ3v) is 6.03. The van der Waals surface area contributed by atoms with Gasteiger partial charge in [0.2, 0.25) is 11.0 Å². The van der Waals surface area contributed by atoms with E-state index in [-0.39, 0.29) is 17.4 Å². The summed E-state index contributed by atoms with van der Waals surface area (Å²) in [7, 11) is 0. The quantitative estimate of drug-likeness (QED) is 0.704. The topological polar surface area (TPSA) is 75.2 Å². The van der Waals surface area contributed by atoms with E-state index in [0.29, 0.717) is 23.1 Å². The molecule has 1 N–H and O–H groups in total. The maximum absolute atomic E-state index is 13.3. The van der Waals surface area contributed by atoms with Crippen molar-refractivity contribution in [3.63, 3.8) is 0 Å². The van der Waals surface area contributed by atoms with E-state index in [1.165, 1.54) is 35.1 Å². The molecule has 1 unspecified atom stereocenters. The van der Waals surface area contributed by atoms with Crippen LogP contribution in [0.5, 0.6) is 0 Å². The van der Waals surface area contributed by atoms with Gasteiger partial charge in [-0.2, -0.15) is 0 Å². The number of aromatic nitrogens is 2. The molecular weight excluding hydrogens is 391 g/mol. The Morgan fingerprint density at radius 1 is 1.17 bits per heavy atom. The van der Waals surface area contributed by atoms with Crippen LogP contribution >= 0.6 is 11.3 Å². The van der Waals surface area contributed by atoms with Crippen LogP contribution in [0.3, 0.4) is 0 Å². The number of anilines is 2. The smallest absolute Gasteiger partial charge is 0.257 e. The maximum Gasteiger partial charge on any atom is 0.257 e. The van der Waals surface area contributed by atoms with Crippen LogP contribution < -0.4 is 10.2 Å². The number of aryl methyl sites for hydroxylation is 2. The first-order chi connectivity index (χ1) is 13.9. The number of benzene rings is 2. The molecule has 2 amide bonds. The van der Waals surface area contributed by atoms with Crippen molar-refractivity contribution >= 4 is 34.0 Å². The summed E-state index contributed by atoms with van der Waals surface area (Å²) in [4.78, 5) is 26.5. The first-order valence-corrected chi connectivity index (χ1v) is 10.0. The van der Waals surface area contributed by atoms with Crippen LogP contribution in [-0.4, -0.2) is 28.6 Å². The van der Waals surface area contributed by atoms with E-state index < -0.39 is 11.7 Å². The fourth-order valence-corrected chi connectivity index (χ4v) is 4.09. The number of nitrogens with zero attached hydrogens (tertiary/aromatic N) is 3. The molecule has 0 spiro atoms. The van der Waals surface area contributed by atoms with Crippen LogP contribution in [0.2, 0.25) is 0 Å². The highest BCUT2D eigenvalue weighted by atomic mass is 32.1. The van der Waals surface area contributed by atoms with Gasteiger partial charge in [0.15, 0.2) is 0 Å². The number of rotatable bonds is 4. The van der Waals surface area contributed by atoms with E-state index in [0.717, 1.165) is 17.3 Å². The van der Waals surface area contributed by atoms with Crippen molar-refractivity contribution in [1.82, 2.24) is 10.2 Å². The highest BCUT2D eigenvalue weighted by Crippen LogP contribution is 2.34. The van der Waals surface area contributed by atoms with Crippen molar-refractivity contribution < 1.29 is 14.0 Å². The molecule has 0 bridgehead atoms. The Bertz CT molecular complexity index is 1100. The van der Waals surface area contributed by atoms with Gasteiger partial charge in [0.1, 0.15) is 10.8 Å². The van der Waals surface area contributed by atoms with Crippen LogP contribution in [0.15, 0.2) is 42.5 Å². The molecule has 4 rings (SSSR count). The standard InChI is InChI=1S/C21H19FN4O2S/c1-12-6-7-17(8-13(12)2)26-11-15(10-18(26)27)20-24-25-21(29-20)23-19(28)14-4-3-5-16(22)9-14/h3-9,15H,10-11H2,1-2H3,(H,23,25,28). The zero-order valence-electron chi connectivity index (χ0n) is 16.0. The van der Waals surface area contributed by atoms with E-state index in [9.17, 15) is 14.0 Å². The number of carbonyl (C=O) groups excluding carboxylic acids is 2. The van der Waals surface area contributed by atoms with Crippen molar-refractivity contribution in [2.45, 2.75) is 26.2 Å². The highest BCUT2D eigenvalue weighted by molar-refractivity contribution is 7.15. The first-order valence-electron chi connectivity index (χ1n) is 9.18. The van der Waals surface area contributed by atoms with Gasteiger partial charge in [0.05, 0.1) is 0 Å². The zero-order chi connectivity index (χ0) is 20.5. The molecule has 1 atom stereocenters. The van der Waals surface area contributed by atoms with Crippen molar-refractivity contribution in [2.75, 3.05) is 16.8 Å². The molecule has 1 aliphatic rings. The molecule has 0 saturated carbocycles. The predicted octanol–water partition coefficient (Wildman–Crippen LogP) is 4.07. The van der Waals surface area contributed by atoms with E-state index in [2.05, 4.69) is 15.5 Å². The Morgan fingerprint density at radius 3 is 2.76 bits per heavy atom. The van der Waals surface area contributed by atoms with Gasteiger partial charge in [-0.15, -0.1) is 10.2 Å². The van der Waals surface area contributed by atoms with Crippen molar-refractivity contribution in [3.05, 3.63) is 70.0 Å². The predicted molar refractivity (Wildman–Crippen MR) is 110 cm³/mol. The average molecular weight is 410 g/mol. The molecule has 1 saturated heterocycles. The summed E-state index contributed by atoms with van der Waals surface area (Å²) in [5.41, 5.74) is 3.40. The largest absolute Gasteiger partial charge is 0.312 e. The molecule has 1 aliphatic heterocycles. The van der Waals surface area contributed by atoms with Crippen LogP contribution in [0.25, 0.3) is 0 Å². The molecular formula is C21H19FN4O2S.